The van der Waals surface area contributed by atoms with Crippen LogP contribution in [0.3, 0.4) is 0 Å². The van der Waals surface area contributed by atoms with Crippen molar-refractivity contribution in [2.45, 2.75) is 76.7 Å². The molecule has 0 radical (unpaired) electrons. The van der Waals surface area contributed by atoms with Crippen LogP contribution in [0.25, 0.3) is 22.3 Å². The van der Waals surface area contributed by atoms with Gasteiger partial charge in [0.15, 0.2) is 5.82 Å². The Morgan fingerprint density at radius 3 is 2.54 bits per heavy atom. The molecule has 3 aromatic rings. The molecule has 1 saturated carbocycles. The fourth-order valence-corrected chi connectivity index (χ4v) is 7.86. The topological polar surface area (TPSA) is 128 Å². The summed E-state index contributed by atoms with van der Waals surface area (Å²) in [5.41, 5.74) is 1.50. The van der Waals surface area contributed by atoms with Gasteiger partial charge in [-0.2, -0.15) is 0 Å². The monoisotopic (exact) mass is 649 g/mol. The van der Waals surface area contributed by atoms with Gasteiger partial charge in [-0.25, -0.2) is 14.8 Å². The first-order valence-corrected chi connectivity index (χ1v) is 17.2. The largest absolute Gasteiger partial charge is 0.465 e. The number of nitrogens with one attached hydrogen (secondary N) is 2. The Kier molecular flexibility index (Phi) is 11.2. The van der Waals surface area contributed by atoms with Crippen molar-refractivity contribution in [2.75, 3.05) is 33.2 Å². The van der Waals surface area contributed by atoms with Crippen molar-refractivity contribution in [2.24, 2.45) is 17.8 Å². The van der Waals surface area contributed by atoms with Crippen molar-refractivity contribution in [3.05, 3.63) is 58.7 Å². The van der Waals surface area contributed by atoms with Crippen LogP contribution in [0.15, 0.2) is 42.5 Å². The summed E-state index contributed by atoms with van der Waals surface area (Å²) in [6.07, 6.45) is 4.98. The number of likely N-dealkylation sites (tertiary alicyclic amines) is 1. The van der Waals surface area contributed by atoms with Gasteiger partial charge in [-0.1, -0.05) is 55.8 Å². The zero-order valence-corrected chi connectivity index (χ0v) is 28.0. The molecule has 248 valence electrons. The number of fused-ring (bicyclic) bond motifs is 1. The molecule has 2 aliphatic rings. The zero-order valence-electron chi connectivity index (χ0n) is 27.3. The first kappa shape index (κ1) is 34.1. The lowest BCUT2D eigenvalue weighted by Gasteiger charge is -2.44. The maximum absolute atomic E-state index is 13.8. The number of carbonyl (C=O) groups is 2. The number of rotatable bonds is 11. The average molecular weight is 650 g/mol. The molecule has 0 unspecified atom stereocenters. The van der Waals surface area contributed by atoms with E-state index in [-0.39, 0.29) is 36.6 Å². The van der Waals surface area contributed by atoms with Crippen molar-refractivity contribution in [1.82, 2.24) is 25.5 Å². The summed E-state index contributed by atoms with van der Waals surface area (Å²) >= 11 is 6.96. The molecule has 0 bridgehead atoms. The predicted molar refractivity (Wildman–Crippen MR) is 182 cm³/mol. The molecule has 0 spiro atoms. The number of para-hydroxylation sites is 1. The van der Waals surface area contributed by atoms with E-state index in [2.05, 4.69) is 24.5 Å². The fraction of sp³-hybridized carbons (Fsp3) is 0.556. The highest BCUT2D eigenvalue weighted by atomic mass is 35.5. The number of amides is 2. The van der Waals surface area contributed by atoms with Gasteiger partial charge in [0, 0.05) is 42.4 Å². The lowest BCUT2D eigenvalue weighted by molar-refractivity contribution is -0.142. The third kappa shape index (κ3) is 7.48. The van der Waals surface area contributed by atoms with Gasteiger partial charge in [0.05, 0.1) is 21.8 Å². The Morgan fingerprint density at radius 2 is 1.83 bits per heavy atom. The predicted octanol–water partition coefficient (Wildman–Crippen LogP) is 6.57. The SMILES string of the molecule is CNCC1CCC(C(=O)N2CCC[C@@H]([C@@](O)(CCCNC(=O)O)c3cccc(Cl)c3-c3nc(C(C)C)c4ccccc4n3)C2)CC1. The van der Waals surface area contributed by atoms with E-state index < -0.39 is 11.7 Å². The van der Waals surface area contributed by atoms with Crippen molar-refractivity contribution >= 4 is 34.5 Å². The van der Waals surface area contributed by atoms with Crippen LogP contribution in [0, 0.1) is 17.8 Å². The zero-order chi connectivity index (χ0) is 32.8. The molecular weight excluding hydrogens is 602 g/mol. The molecule has 2 aromatic carbocycles. The number of benzene rings is 2. The third-order valence-electron chi connectivity index (χ3n) is 9.99. The number of piperidine rings is 1. The average Bonchev–Trinajstić information content (AvgIpc) is 3.06. The Balaban J connectivity index is 1.51. The first-order valence-electron chi connectivity index (χ1n) is 16.8. The smallest absolute Gasteiger partial charge is 0.404 e. The van der Waals surface area contributed by atoms with Gasteiger partial charge < -0.3 is 25.7 Å². The van der Waals surface area contributed by atoms with Gasteiger partial charge in [-0.15, -0.1) is 0 Å². The molecule has 2 fully saturated rings. The Bertz CT molecular complexity index is 1530. The second-order valence-electron chi connectivity index (χ2n) is 13.4. The summed E-state index contributed by atoms with van der Waals surface area (Å²) in [7, 11) is 1.98. The van der Waals surface area contributed by atoms with Crippen molar-refractivity contribution in [3.63, 3.8) is 0 Å². The standard InChI is InChI=1S/C36H48ClN5O4/c1-23(2)32-27-10-4-5-13-30(27)40-33(41-32)31-28(11-6-12-29(31)37)36(46,18-8-19-39-35(44)45)26-9-7-20-42(22-26)34(43)25-16-14-24(15-17-25)21-38-3/h4-6,10-13,23-26,38-39,46H,7-9,14-22H2,1-3H3,(H,44,45)/t24?,25?,26-,36+/m1/s1. The van der Waals surface area contributed by atoms with Crippen LogP contribution >= 0.6 is 11.6 Å². The van der Waals surface area contributed by atoms with E-state index in [1.807, 2.05) is 48.3 Å². The molecule has 10 heteroatoms. The summed E-state index contributed by atoms with van der Waals surface area (Å²) < 4.78 is 0. The molecule has 2 heterocycles. The molecule has 1 aliphatic carbocycles. The van der Waals surface area contributed by atoms with Crippen molar-refractivity contribution in [3.8, 4) is 11.4 Å². The molecule has 4 N–H and O–H groups in total. The minimum atomic E-state index is -1.41. The van der Waals surface area contributed by atoms with E-state index in [1.165, 1.54) is 0 Å². The summed E-state index contributed by atoms with van der Waals surface area (Å²) in [4.78, 5) is 37.0. The minimum Gasteiger partial charge on any atom is -0.465 e. The number of halogens is 1. The second kappa shape index (κ2) is 15.1. The second-order valence-corrected chi connectivity index (χ2v) is 13.8. The Hall–Kier alpha value is -3.27. The van der Waals surface area contributed by atoms with Crippen LogP contribution in [0.4, 0.5) is 4.79 Å². The number of hydrogen-bond donors (Lipinski definition) is 4. The quantitative estimate of drug-likeness (QED) is 0.173. The molecule has 1 aliphatic heterocycles. The Labute approximate surface area is 277 Å². The van der Waals surface area contributed by atoms with Crippen LogP contribution < -0.4 is 10.6 Å². The van der Waals surface area contributed by atoms with Gasteiger partial charge in [0.1, 0.15) is 0 Å². The van der Waals surface area contributed by atoms with E-state index in [0.717, 1.165) is 61.7 Å². The number of carbonyl (C=O) groups excluding carboxylic acids is 1. The van der Waals surface area contributed by atoms with E-state index in [4.69, 9.17) is 21.6 Å². The lowest BCUT2D eigenvalue weighted by Crippen LogP contribution is -2.50. The van der Waals surface area contributed by atoms with Crippen molar-refractivity contribution in [1.29, 1.82) is 0 Å². The molecule has 2 atom stereocenters. The molecule has 1 aromatic heterocycles. The summed E-state index contributed by atoms with van der Waals surface area (Å²) in [5, 5.41) is 29.2. The molecule has 1 saturated heterocycles. The fourth-order valence-electron chi connectivity index (χ4n) is 7.60. The van der Waals surface area contributed by atoms with Crippen LogP contribution in [-0.2, 0) is 10.4 Å². The number of aromatic nitrogens is 2. The summed E-state index contributed by atoms with van der Waals surface area (Å²) in [5.74, 6) is 1.12. The lowest BCUT2D eigenvalue weighted by atomic mass is 9.72. The third-order valence-corrected chi connectivity index (χ3v) is 10.3. The number of hydrogen-bond acceptors (Lipinski definition) is 6. The van der Waals surface area contributed by atoms with E-state index >= 15 is 0 Å². The molecular formula is C36H48ClN5O4. The highest BCUT2D eigenvalue weighted by molar-refractivity contribution is 6.33. The van der Waals surface area contributed by atoms with Crippen LogP contribution in [0.1, 0.15) is 82.4 Å². The minimum absolute atomic E-state index is 0.0156. The summed E-state index contributed by atoms with van der Waals surface area (Å²) in [6.45, 7) is 6.48. The van der Waals surface area contributed by atoms with Crippen LogP contribution in [0.5, 0.6) is 0 Å². The maximum atomic E-state index is 13.8. The van der Waals surface area contributed by atoms with Gasteiger partial charge in [-0.05, 0) is 94.5 Å². The van der Waals surface area contributed by atoms with Gasteiger partial charge in [0.2, 0.25) is 5.91 Å². The Morgan fingerprint density at radius 1 is 1.07 bits per heavy atom. The molecule has 9 nitrogen and oxygen atoms in total. The highest BCUT2D eigenvalue weighted by Gasteiger charge is 2.44. The highest BCUT2D eigenvalue weighted by Crippen LogP contribution is 2.46. The first-order chi connectivity index (χ1) is 22.1. The molecule has 5 rings (SSSR count). The number of carboxylic acid groups (broad SMARTS) is 1. The van der Waals surface area contributed by atoms with Crippen LogP contribution in [-0.4, -0.2) is 70.3 Å². The maximum Gasteiger partial charge on any atom is 0.404 e. The van der Waals surface area contributed by atoms with Gasteiger partial charge in [-0.3, -0.25) is 4.79 Å². The molecule has 2 amide bonds. The van der Waals surface area contributed by atoms with E-state index in [0.29, 0.717) is 47.4 Å². The van der Waals surface area contributed by atoms with Crippen molar-refractivity contribution < 1.29 is 19.8 Å². The van der Waals surface area contributed by atoms with Gasteiger partial charge >= 0.3 is 6.09 Å². The van der Waals surface area contributed by atoms with E-state index in [9.17, 15) is 19.8 Å². The molecule has 46 heavy (non-hydrogen) atoms. The van der Waals surface area contributed by atoms with Crippen LogP contribution in [0.2, 0.25) is 5.02 Å². The summed E-state index contributed by atoms with van der Waals surface area (Å²) in [6, 6.07) is 13.4. The van der Waals surface area contributed by atoms with Gasteiger partial charge in [0.25, 0.3) is 0 Å². The normalized spacial score (nSPS) is 21.7. The number of aliphatic hydroxyl groups is 1. The van der Waals surface area contributed by atoms with E-state index in [1.54, 1.807) is 6.07 Å². The number of nitrogens with zero attached hydrogens (tertiary/aromatic N) is 3.